The molecule has 1 aliphatic carbocycles. The van der Waals surface area contributed by atoms with Gasteiger partial charge in [0.1, 0.15) is 0 Å². The van der Waals surface area contributed by atoms with Crippen molar-refractivity contribution in [2.45, 2.75) is 70.4 Å². The Bertz CT molecular complexity index is 223. The van der Waals surface area contributed by atoms with Crippen molar-refractivity contribution in [2.75, 3.05) is 20.1 Å². The molecule has 1 aliphatic rings. The third kappa shape index (κ3) is 5.68. The summed E-state index contributed by atoms with van der Waals surface area (Å²) in [5.74, 6) is 0.925. The largest absolute Gasteiger partial charge is 0.389 e. The lowest BCUT2D eigenvalue weighted by Crippen LogP contribution is -2.36. The molecule has 0 bridgehead atoms. The third-order valence-electron chi connectivity index (χ3n) is 4.52. The van der Waals surface area contributed by atoms with Crippen LogP contribution in [0, 0.1) is 5.92 Å². The van der Waals surface area contributed by atoms with E-state index in [1.54, 1.807) is 0 Å². The van der Waals surface area contributed by atoms with Gasteiger partial charge in [0.2, 0.25) is 0 Å². The topological polar surface area (TPSA) is 49.5 Å². The summed E-state index contributed by atoms with van der Waals surface area (Å²) in [4.78, 5) is 2.52. The fourth-order valence-corrected chi connectivity index (χ4v) is 2.83. The molecule has 1 fully saturated rings. The van der Waals surface area contributed by atoms with Gasteiger partial charge in [-0.3, -0.25) is 0 Å². The monoisotopic (exact) mass is 256 g/mol. The van der Waals surface area contributed by atoms with E-state index < -0.39 is 5.60 Å². The molecule has 0 heterocycles. The van der Waals surface area contributed by atoms with Crippen molar-refractivity contribution in [1.29, 1.82) is 0 Å². The van der Waals surface area contributed by atoms with E-state index >= 15 is 0 Å². The molecule has 0 amide bonds. The molecule has 3 heteroatoms. The SMILES string of the molecule is CC1CCC(N(C)CCCCC(C)(O)CN)CC1. The summed E-state index contributed by atoms with van der Waals surface area (Å²) in [6.07, 6.45) is 8.54. The second-order valence-corrected chi connectivity index (χ2v) is 6.55. The molecule has 1 saturated carbocycles. The Morgan fingerprint density at radius 1 is 1.22 bits per heavy atom. The highest BCUT2D eigenvalue weighted by Gasteiger charge is 2.21. The first-order valence-electron chi connectivity index (χ1n) is 7.57. The van der Waals surface area contributed by atoms with E-state index in [0.29, 0.717) is 6.54 Å². The molecule has 1 atom stereocenters. The van der Waals surface area contributed by atoms with Gasteiger partial charge in [-0.2, -0.15) is 0 Å². The number of hydrogen-bond acceptors (Lipinski definition) is 3. The summed E-state index contributed by atoms with van der Waals surface area (Å²) in [5, 5.41) is 9.83. The van der Waals surface area contributed by atoms with E-state index in [1.165, 1.54) is 32.1 Å². The summed E-state index contributed by atoms with van der Waals surface area (Å²) in [5.41, 5.74) is 4.85. The minimum Gasteiger partial charge on any atom is -0.389 e. The van der Waals surface area contributed by atoms with Crippen LogP contribution in [0.1, 0.15) is 58.8 Å². The lowest BCUT2D eigenvalue weighted by atomic mass is 9.86. The zero-order chi connectivity index (χ0) is 13.6. The van der Waals surface area contributed by atoms with Gasteiger partial charge in [0, 0.05) is 12.6 Å². The van der Waals surface area contributed by atoms with Crippen molar-refractivity contribution in [2.24, 2.45) is 11.7 Å². The molecule has 0 aromatic rings. The first-order valence-corrected chi connectivity index (χ1v) is 7.57. The van der Waals surface area contributed by atoms with Crippen LogP contribution in [-0.2, 0) is 0 Å². The van der Waals surface area contributed by atoms with E-state index in [4.69, 9.17) is 5.73 Å². The average molecular weight is 256 g/mol. The van der Waals surface area contributed by atoms with Crippen LogP contribution in [0.15, 0.2) is 0 Å². The van der Waals surface area contributed by atoms with E-state index in [-0.39, 0.29) is 0 Å². The van der Waals surface area contributed by atoms with Crippen molar-refractivity contribution in [3.8, 4) is 0 Å². The fraction of sp³-hybridized carbons (Fsp3) is 1.00. The quantitative estimate of drug-likeness (QED) is 0.688. The van der Waals surface area contributed by atoms with Crippen molar-refractivity contribution < 1.29 is 5.11 Å². The molecule has 3 nitrogen and oxygen atoms in total. The normalized spacial score (nSPS) is 28.3. The Kier molecular flexibility index (Phi) is 6.61. The number of nitrogens with two attached hydrogens (primary N) is 1. The number of unbranched alkanes of at least 4 members (excludes halogenated alkanes) is 1. The van der Waals surface area contributed by atoms with Gasteiger partial charge in [-0.05, 0) is 71.4 Å². The van der Waals surface area contributed by atoms with Crippen LogP contribution in [0.25, 0.3) is 0 Å². The smallest absolute Gasteiger partial charge is 0.0741 e. The predicted molar refractivity (Wildman–Crippen MR) is 77.6 cm³/mol. The lowest BCUT2D eigenvalue weighted by Gasteiger charge is -2.33. The second-order valence-electron chi connectivity index (χ2n) is 6.55. The maximum absolute atomic E-state index is 9.83. The zero-order valence-corrected chi connectivity index (χ0v) is 12.5. The maximum Gasteiger partial charge on any atom is 0.0741 e. The number of nitrogens with zero attached hydrogens (tertiary/aromatic N) is 1. The minimum atomic E-state index is -0.668. The van der Waals surface area contributed by atoms with Gasteiger partial charge in [-0.25, -0.2) is 0 Å². The molecule has 3 N–H and O–H groups in total. The highest BCUT2D eigenvalue weighted by molar-refractivity contribution is 4.77. The molecule has 0 radical (unpaired) electrons. The summed E-state index contributed by atoms with van der Waals surface area (Å²) < 4.78 is 0. The summed E-state index contributed by atoms with van der Waals surface area (Å²) in [6, 6.07) is 0.788. The number of rotatable bonds is 7. The van der Waals surface area contributed by atoms with Crippen LogP contribution in [0.3, 0.4) is 0 Å². The average Bonchev–Trinajstić information content (AvgIpc) is 2.35. The van der Waals surface area contributed by atoms with Gasteiger partial charge >= 0.3 is 0 Å². The summed E-state index contributed by atoms with van der Waals surface area (Å²) in [6.45, 7) is 5.72. The van der Waals surface area contributed by atoms with Gasteiger partial charge in [0.25, 0.3) is 0 Å². The van der Waals surface area contributed by atoms with Crippen LogP contribution in [0.4, 0.5) is 0 Å². The summed E-state index contributed by atoms with van der Waals surface area (Å²) in [7, 11) is 2.25. The van der Waals surface area contributed by atoms with E-state index in [0.717, 1.165) is 31.3 Å². The van der Waals surface area contributed by atoms with E-state index in [2.05, 4.69) is 18.9 Å². The first-order chi connectivity index (χ1) is 8.44. The number of aliphatic hydroxyl groups is 1. The Balaban J connectivity index is 2.12. The molecule has 108 valence electrons. The van der Waals surface area contributed by atoms with Crippen LogP contribution < -0.4 is 5.73 Å². The Morgan fingerprint density at radius 2 is 1.83 bits per heavy atom. The second kappa shape index (κ2) is 7.46. The van der Waals surface area contributed by atoms with Gasteiger partial charge < -0.3 is 15.7 Å². The third-order valence-corrected chi connectivity index (χ3v) is 4.52. The van der Waals surface area contributed by atoms with Crippen molar-refractivity contribution in [1.82, 2.24) is 4.90 Å². The Hall–Kier alpha value is -0.120. The summed E-state index contributed by atoms with van der Waals surface area (Å²) >= 11 is 0. The predicted octanol–water partition coefficient (Wildman–Crippen LogP) is 2.38. The molecular weight excluding hydrogens is 224 g/mol. The Labute approximate surface area is 113 Å². The molecule has 1 unspecified atom stereocenters. The van der Waals surface area contributed by atoms with Crippen LogP contribution in [-0.4, -0.2) is 41.8 Å². The van der Waals surface area contributed by atoms with E-state index in [1.807, 2.05) is 6.92 Å². The zero-order valence-electron chi connectivity index (χ0n) is 12.5. The fourth-order valence-electron chi connectivity index (χ4n) is 2.83. The lowest BCUT2D eigenvalue weighted by molar-refractivity contribution is 0.0558. The maximum atomic E-state index is 9.83. The highest BCUT2D eigenvalue weighted by atomic mass is 16.3. The standard InChI is InChI=1S/C15H32N2O/c1-13-6-8-14(9-7-13)17(3)11-5-4-10-15(2,18)12-16/h13-14,18H,4-12,16H2,1-3H3. The first kappa shape index (κ1) is 15.9. The minimum absolute atomic E-state index is 0.364. The molecular formula is C15H32N2O. The van der Waals surface area contributed by atoms with Crippen LogP contribution >= 0.6 is 0 Å². The highest BCUT2D eigenvalue weighted by Crippen LogP contribution is 2.26. The molecule has 1 rings (SSSR count). The van der Waals surface area contributed by atoms with Gasteiger partial charge in [0.05, 0.1) is 5.60 Å². The van der Waals surface area contributed by atoms with Crippen LogP contribution in [0.5, 0.6) is 0 Å². The van der Waals surface area contributed by atoms with Gasteiger partial charge in [-0.1, -0.05) is 6.92 Å². The molecule has 0 spiro atoms. The molecule has 18 heavy (non-hydrogen) atoms. The van der Waals surface area contributed by atoms with Crippen LogP contribution in [0.2, 0.25) is 0 Å². The van der Waals surface area contributed by atoms with Crippen molar-refractivity contribution in [3.05, 3.63) is 0 Å². The Morgan fingerprint density at radius 3 is 2.39 bits per heavy atom. The molecule has 0 aromatic heterocycles. The van der Waals surface area contributed by atoms with Gasteiger partial charge in [0.15, 0.2) is 0 Å². The van der Waals surface area contributed by atoms with Crippen molar-refractivity contribution in [3.63, 3.8) is 0 Å². The molecule has 0 saturated heterocycles. The van der Waals surface area contributed by atoms with Crippen molar-refractivity contribution >= 4 is 0 Å². The van der Waals surface area contributed by atoms with Gasteiger partial charge in [-0.15, -0.1) is 0 Å². The molecule has 0 aliphatic heterocycles. The van der Waals surface area contributed by atoms with E-state index in [9.17, 15) is 5.11 Å². The number of hydrogen-bond donors (Lipinski definition) is 2. The molecule has 0 aromatic carbocycles.